The molecule has 5 aromatic rings. The van der Waals surface area contributed by atoms with Gasteiger partial charge in [-0.05, 0) is 77.9 Å². The van der Waals surface area contributed by atoms with E-state index >= 15 is 0 Å². The van der Waals surface area contributed by atoms with E-state index in [0.29, 0.717) is 0 Å². The number of pyridine rings is 2. The van der Waals surface area contributed by atoms with Crippen molar-refractivity contribution in [2.45, 2.75) is 34.1 Å². The van der Waals surface area contributed by atoms with E-state index in [-0.39, 0.29) is 5.41 Å². The van der Waals surface area contributed by atoms with Gasteiger partial charge in [0.05, 0.1) is 22.9 Å². The number of rotatable bonds is 8. The van der Waals surface area contributed by atoms with E-state index in [1.807, 2.05) is 37.5 Å². The molecule has 0 unspecified atom stereocenters. The summed E-state index contributed by atoms with van der Waals surface area (Å²) in [4.78, 5) is 12.1. The Labute approximate surface area is 229 Å². The molecule has 0 bridgehead atoms. The molecule has 4 heterocycles. The molecule has 0 saturated carbocycles. The second-order valence-corrected chi connectivity index (χ2v) is 10.9. The van der Waals surface area contributed by atoms with Crippen LogP contribution < -0.4 is 5.32 Å². The third-order valence-electron chi connectivity index (χ3n) is 6.60. The van der Waals surface area contributed by atoms with Gasteiger partial charge in [-0.1, -0.05) is 46.1 Å². The Morgan fingerprint density at radius 3 is 2.51 bits per heavy atom. The van der Waals surface area contributed by atoms with Gasteiger partial charge in [0.1, 0.15) is 5.69 Å². The van der Waals surface area contributed by atoms with Gasteiger partial charge in [0.2, 0.25) is 0 Å². The summed E-state index contributed by atoms with van der Waals surface area (Å²) in [7, 11) is 0. The number of hydrogen-bond acceptors (Lipinski definition) is 4. The van der Waals surface area contributed by atoms with Crippen molar-refractivity contribution >= 4 is 27.4 Å². The average molecular weight is 515 g/mol. The molecule has 6 nitrogen and oxygen atoms in total. The third-order valence-corrected chi connectivity index (χ3v) is 6.60. The van der Waals surface area contributed by atoms with Crippen LogP contribution in [0.25, 0.3) is 49.9 Å². The maximum atomic E-state index is 4.68. The van der Waals surface area contributed by atoms with Gasteiger partial charge in [-0.25, -0.2) is 0 Å². The number of nitrogens with zero attached hydrogens (tertiary/aromatic N) is 3. The van der Waals surface area contributed by atoms with Gasteiger partial charge in [-0.2, -0.15) is 5.10 Å². The van der Waals surface area contributed by atoms with Crippen LogP contribution in [-0.2, 0) is 0 Å². The van der Waals surface area contributed by atoms with Crippen LogP contribution in [0.4, 0.5) is 0 Å². The second-order valence-electron chi connectivity index (χ2n) is 10.9. The van der Waals surface area contributed by atoms with Crippen molar-refractivity contribution in [2.24, 2.45) is 5.41 Å². The van der Waals surface area contributed by atoms with Crippen LogP contribution in [0.1, 0.15) is 39.7 Å². The number of H-pyrrole nitrogens is 2. The maximum absolute atomic E-state index is 4.68. The number of benzene rings is 1. The first kappa shape index (κ1) is 25.9. The zero-order valence-corrected chi connectivity index (χ0v) is 23.0. The highest BCUT2D eigenvalue weighted by atomic mass is 15.1. The zero-order valence-electron chi connectivity index (χ0n) is 23.0. The molecular formula is C33H34N6. The highest BCUT2D eigenvalue weighted by Crippen LogP contribution is 2.34. The Hall–Kier alpha value is -4.71. The number of nitrogens with one attached hydrogen (secondary N) is 3. The Kier molecular flexibility index (Phi) is 7.03. The van der Waals surface area contributed by atoms with E-state index in [0.717, 1.165) is 73.3 Å². The van der Waals surface area contributed by atoms with Gasteiger partial charge in [-0.3, -0.25) is 15.1 Å². The minimum atomic E-state index is 0.153. The number of fused-ring (bicyclic) bond motifs is 2. The minimum Gasteiger partial charge on any atom is -0.359 e. The summed E-state index contributed by atoms with van der Waals surface area (Å²) < 4.78 is 0. The molecule has 196 valence electrons. The molecule has 0 fully saturated rings. The van der Waals surface area contributed by atoms with Crippen LogP contribution in [0, 0.1) is 5.41 Å². The van der Waals surface area contributed by atoms with Crippen LogP contribution >= 0.6 is 0 Å². The Bertz CT molecular complexity index is 1720. The van der Waals surface area contributed by atoms with Gasteiger partial charge in [0.25, 0.3) is 0 Å². The quantitative estimate of drug-likeness (QED) is 0.182. The van der Waals surface area contributed by atoms with E-state index in [1.165, 1.54) is 0 Å². The Balaban J connectivity index is 1.51. The van der Waals surface area contributed by atoms with Crippen LogP contribution in [0.2, 0.25) is 0 Å². The molecule has 0 radical (unpaired) electrons. The normalized spacial score (nSPS) is 12.7. The van der Waals surface area contributed by atoms with Crippen LogP contribution in [-0.4, -0.2) is 25.1 Å². The van der Waals surface area contributed by atoms with Crippen molar-refractivity contribution < 1.29 is 0 Å². The summed E-state index contributed by atoms with van der Waals surface area (Å²) in [6, 6.07) is 12.5. The van der Waals surface area contributed by atoms with Crippen molar-refractivity contribution in [1.82, 2.24) is 30.5 Å². The monoisotopic (exact) mass is 514 g/mol. The number of hydrogen-bond donors (Lipinski definition) is 3. The van der Waals surface area contributed by atoms with Gasteiger partial charge >= 0.3 is 0 Å². The molecule has 39 heavy (non-hydrogen) atoms. The summed E-state index contributed by atoms with van der Waals surface area (Å²) in [6.45, 7) is 16.9. The van der Waals surface area contributed by atoms with Crippen molar-refractivity contribution in [2.75, 3.05) is 0 Å². The fraction of sp³-hybridized carbons (Fsp3) is 0.182. The highest BCUT2D eigenvalue weighted by molar-refractivity contribution is 6.01. The molecule has 0 amide bonds. The molecule has 0 aliphatic rings. The summed E-state index contributed by atoms with van der Waals surface area (Å²) in [5, 5.41) is 13.4. The van der Waals surface area contributed by atoms with E-state index < -0.39 is 0 Å². The first-order valence-corrected chi connectivity index (χ1v) is 13.1. The average Bonchev–Trinajstić information content (AvgIpc) is 3.54. The van der Waals surface area contributed by atoms with Gasteiger partial charge < -0.3 is 10.3 Å². The van der Waals surface area contributed by atoms with Crippen molar-refractivity contribution in [1.29, 1.82) is 0 Å². The summed E-state index contributed by atoms with van der Waals surface area (Å²) in [6.07, 6.45) is 14.3. The fourth-order valence-corrected chi connectivity index (χ4v) is 4.87. The molecule has 4 aromatic heterocycles. The predicted molar refractivity (Wildman–Crippen MR) is 163 cm³/mol. The molecule has 0 aliphatic carbocycles. The maximum Gasteiger partial charge on any atom is 0.116 e. The second kappa shape index (κ2) is 10.6. The van der Waals surface area contributed by atoms with Crippen molar-refractivity contribution in [3.05, 3.63) is 110 Å². The van der Waals surface area contributed by atoms with E-state index in [2.05, 4.69) is 101 Å². The molecule has 0 aliphatic heterocycles. The molecule has 0 atom stereocenters. The largest absolute Gasteiger partial charge is 0.359 e. The topological polar surface area (TPSA) is 82.3 Å². The lowest BCUT2D eigenvalue weighted by Gasteiger charge is -2.21. The molecule has 3 N–H and O–H groups in total. The summed E-state index contributed by atoms with van der Waals surface area (Å²) in [5.41, 5.74) is 10.1. The molecular weight excluding hydrogens is 480 g/mol. The number of aromatic amines is 2. The van der Waals surface area contributed by atoms with Crippen molar-refractivity contribution in [3.63, 3.8) is 0 Å². The number of allylic oxidation sites excluding steroid dienone is 5. The summed E-state index contributed by atoms with van der Waals surface area (Å²) >= 11 is 0. The Morgan fingerprint density at radius 1 is 1.00 bits per heavy atom. The lowest BCUT2D eigenvalue weighted by Crippen LogP contribution is -2.16. The fourth-order valence-electron chi connectivity index (χ4n) is 4.87. The lowest BCUT2D eigenvalue weighted by molar-refractivity contribution is 0.403. The van der Waals surface area contributed by atoms with Crippen molar-refractivity contribution in [3.8, 4) is 22.5 Å². The predicted octanol–water partition coefficient (Wildman–Crippen LogP) is 8.18. The molecule has 0 spiro atoms. The molecule has 1 aromatic carbocycles. The van der Waals surface area contributed by atoms with Gasteiger partial charge in [0.15, 0.2) is 0 Å². The molecule has 6 heteroatoms. The number of aromatic nitrogens is 5. The molecule has 5 rings (SSSR count). The standard InChI is InChI=1S/C33H34N6/c1-7-22(15-25(8-2)36-21(3)18-33(4,5)6)24-9-10-29-27(16-24)32(39-38-29)30-17-26-28(19-35-20-31(26)37-30)23-11-13-34-14-12-23/h7-17,19-20,36-37H,2-3,18H2,1,4-6H3,(H,38,39)/b22-7+,25-15+. The van der Waals surface area contributed by atoms with Crippen LogP contribution in [0.15, 0.2) is 104 Å². The van der Waals surface area contributed by atoms with Gasteiger partial charge in [0, 0.05) is 46.3 Å². The van der Waals surface area contributed by atoms with E-state index in [1.54, 1.807) is 12.4 Å². The third kappa shape index (κ3) is 5.60. The van der Waals surface area contributed by atoms with Crippen LogP contribution in [0.5, 0.6) is 0 Å². The summed E-state index contributed by atoms with van der Waals surface area (Å²) in [5.74, 6) is 0. The minimum absolute atomic E-state index is 0.153. The first-order chi connectivity index (χ1) is 18.8. The lowest BCUT2D eigenvalue weighted by atomic mass is 9.91. The first-order valence-electron chi connectivity index (χ1n) is 13.1. The SMILES string of the molecule is C=C/C(=C\C(=C/C)c1ccc2[nH]nc(-c3cc4c(-c5ccncc5)cncc4[nH]3)c2c1)NC(=C)CC(C)(C)C. The molecule has 0 saturated heterocycles. The van der Waals surface area contributed by atoms with Gasteiger partial charge in [-0.15, -0.1) is 0 Å². The highest BCUT2D eigenvalue weighted by Gasteiger charge is 2.15. The van der Waals surface area contributed by atoms with Crippen LogP contribution in [0.3, 0.4) is 0 Å². The smallest absolute Gasteiger partial charge is 0.116 e. The van der Waals surface area contributed by atoms with E-state index in [9.17, 15) is 0 Å². The Morgan fingerprint density at radius 2 is 1.79 bits per heavy atom. The zero-order chi connectivity index (χ0) is 27.6. The van der Waals surface area contributed by atoms with E-state index in [4.69, 9.17) is 0 Å².